The van der Waals surface area contributed by atoms with Crippen molar-refractivity contribution in [1.82, 2.24) is 10.2 Å². The molecule has 9 heteroatoms. The number of rotatable bonds is 8. The second-order valence-electron chi connectivity index (χ2n) is 5.80. The molecule has 2 saturated heterocycles. The Labute approximate surface area is 150 Å². The number of thiophene rings is 1. The van der Waals surface area contributed by atoms with Crippen molar-refractivity contribution in [2.45, 2.75) is 12.5 Å². The zero-order valence-electron chi connectivity index (χ0n) is 13.9. The Morgan fingerprint density at radius 3 is 3.00 bits per heavy atom. The summed E-state index contributed by atoms with van der Waals surface area (Å²) in [5.74, 6) is -0.503. The topological polar surface area (TPSA) is 83.5 Å². The van der Waals surface area contributed by atoms with Gasteiger partial charge in [0, 0.05) is 26.2 Å². The van der Waals surface area contributed by atoms with Crippen molar-refractivity contribution in [3.8, 4) is 0 Å². The molecule has 3 rings (SSSR count). The largest absolute Gasteiger partial charge is 0.396 e. The van der Waals surface area contributed by atoms with E-state index in [9.17, 15) is 9.59 Å². The third-order valence-corrected chi connectivity index (χ3v) is 4.98. The van der Waals surface area contributed by atoms with Crippen LogP contribution in [0, 0.1) is 0 Å². The molecule has 0 radical (unpaired) electrons. The van der Waals surface area contributed by atoms with Gasteiger partial charge in [-0.25, -0.2) is 0 Å². The van der Waals surface area contributed by atoms with Crippen LogP contribution >= 0.6 is 11.3 Å². The summed E-state index contributed by atoms with van der Waals surface area (Å²) in [6.07, 6.45) is 1.98. The molecule has 2 aliphatic rings. The molecule has 1 aromatic rings. The van der Waals surface area contributed by atoms with Crippen LogP contribution in [0.4, 0.5) is 5.00 Å². The van der Waals surface area contributed by atoms with Crippen molar-refractivity contribution in [2.75, 3.05) is 50.9 Å². The lowest BCUT2D eigenvalue weighted by atomic mass is 10.1. The molecule has 1 atom stereocenters. The third-order valence-electron chi connectivity index (χ3n) is 4.12. The lowest BCUT2D eigenvalue weighted by molar-refractivity contribution is -0.129. The van der Waals surface area contributed by atoms with Crippen molar-refractivity contribution in [1.29, 1.82) is 0 Å². The van der Waals surface area contributed by atoms with E-state index in [0.29, 0.717) is 13.2 Å². The number of amides is 2. The lowest BCUT2D eigenvalue weighted by Crippen LogP contribution is -2.63. The van der Waals surface area contributed by atoms with Crippen molar-refractivity contribution in [2.24, 2.45) is 5.16 Å². The summed E-state index contributed by atoms with van der Waals surface area (Å²) in [4.78, 5) is 33.0. The third kappa shape index (κ3) is 4.77. The van der Waals surface area contributed by atoms with Crippen LogP contribution < -0.4 is 10.2 Å². The molecule has 8 nitrogen and oxygen atoms in total. The first-order chi connectivity index (χ1) is 12.3. The minimum Gasteiger partial charge on any atom is -0.396 e. The Kier molecular flexibility index (Phi) is 6.37. The molecular weight excluding hydrogens is 344 g/mol. The minimum absolute atomic E-state index is 0.151. The molecule has 3 heterocycles. The Hall–Kier alpha value is -1.97. The average Bonchev–Trinajstić information content (AvgIpc) is 3.16. The highest BCUT2D eigenvalue weighted by molar-refractivity contribution is 7.14. The zero-order valence-corrected chi connectivity index (χ0v) is 14.7. The maximum atomic E-state index is 12.4. The van der Waals surface area contributed by atoms with Gasteiger partial charge in [0.2, 0.25) is 5.91 Å². The number of morpholine rings is 1. The van der Waals surface area contributed by atoms with Crippen LogP contribution in [0.1, 0.15) is 6.42 Å². The van der Waals surface area contributed by atoms with E-state index in [1.807, 2.05) is 17.5 Å². The Bertz CT molecular complexity index is 601. The molecule has 1 unspecified atom stereocenters. The van der Waals surface area contributed by atoms with Crippen LogP contribution in [-0.4, -0.2) is 75.0 Å². The summed E-state index contributed by atoms with van der Waals surface area (Å²) in [6.45, 7) is 5.28. The van der Waals surface area contributed by atoms with Crippen LogP contribution in [0.5, 0.6) is 0 Å². The number of hydrogen-bond acceptors (Lipinski definition) is 7. The number of β-lactam (4-membered cyclic amide) rings is 1. The first-order valence-corrected chi connectivity index (χ1v) is 9.23. The Balaban J connectivity index is 1.43. The fraction of sp³-hybridized carbons (Fsp3) is 0.562. The van der Waals surface area contributed by atoms with E-state index in [1.165, 1.54) is 16.2 Å². The molecule has 1 N–H and O–H groups in total. The first kappa shape index (κ1) is 17.8. The molecule has 1 aromatic heterocycles. The van der Waals surface area contributed by atoms with E-state index in [2.05, 4.69) is 15.4 Å². The predicted molar refractivity (Wildman–Crippen MR) is 94.9 cm³/mol. The van der Waals surface area contributed by atoms with Gasteiger partial charge in [-0.1, -0.05) is 5.16 Å². The van der Waals surface area contributed by atoms with Crippen LogP contribution in [0.2, 0.25) is 0 Å². The molecule has 2 amide bonds. The van der Waals surface area contributed by atoms with Crippen molar-refractivity contribution in [3.63, 3.8) is 0 Å². The van der Waals surface area contributed by atoms with Gasteiger partial charge in [-0.3, -0.25) is 19.4 Å². The second-order valence-corrected chi connectivity index (χ2v) is 6.72. The second kappa shape index (κ2) is 8.93. The van der Waals surface area contributed by atoms with E-state index in [-0.39, 0.29) is 11.8 Å². The van der Waals surface area contributed by atoms with Crippen molar-refractivity contribution in [3.05, 3.63) is 17.5 Å². The molecule has 25 heavy (non-hydrogen) atoms. The van der Waals surface area contributed by atoms with Crippen molar-refractivity contribution < 1.29 is 19.2 Å². The van der Waals surface area contributed by atoms with Gasteiger partial charge >= 0.3 is 0 Å². The van der Waals surface area contributed by atoms with Gasteiger partial charge in [0.15, 0.2) is 0 Å². The summed E-state index contributed by atoms with van der Waals surface area (Å²) in [5, 5.41) is 9.01. The monoisotopic (exact) mass is 366 g/mol. The SMILES string of the molecule is O=C1NCC1N(C(=O)C=NOCCCN1CCOCC1)c1cccs1. The average molecular weight is 366 g/mol. The number of carbonyl (C=O) groups is 2. The first-order valence-electron chi connectivity index (χ1n) is 8.35. The highest BCUT2D eigenvalue weighted by atomic mass is 32.1. The summed E-state index contributed by atoms with van der Waals surface area (Å²) in [6, 6.07) is 3.18. The maximum Gasteiger partial charge on any atom is 0.274 e. The van der Waals surface area contributed by atoms with Crippen LogP contribution in [0.15, 0.2) is 22.7 Å². The predicted octanol–water partition coefficient (Wildman–Crippen LogP) is 0.304. The van der Waals surface area contributed by atoms with E-state index < -0.39 is 6.04 Å². The molecular formula is C16H22N4O4S. The molecule has 0 saturated carbocycles. The van der Waals surface area contributed by atoms with Gasteiger partial charge in [0.25, 0.3) is 5.91 Å². The summed E-state index contributed by atoms with van der Waals surface area (Å²) in [5.41, 5.74) is 0. The number of oxime groups is 1. The molecule has 2 aliphatic heterocycles. The van der Waals surface area contributed by atoms with Gasteiger partial charge in [0.05, 0.1) is 18.2 Å². The number of anilines is 1. The van der Waals surface area contributed by atoms with E-state index in [0.717, 1.165) is 50.5 Å². The zero-order chi connectivity index (χ0) is 17.5. The summed E-state index contributed by atoms with van der Waals surface area (Å²) < 4.78 is 5.30. The number of nitrogens with one attached hydrogen (secondary N) is 1. The van der Waals surface area contributed by atoms with Crippen LogP contribution in [0.3, 0.4) is 0 Å². The quantitative estimate of drug-likeness (QED) is 0.310. The number of carbonyl (C=O) groups excluding carboxylic acids is 2. The van der Waals surface area contributed by atoms with Gasteiger partial charge in [-0.2, -0.15) is 0 Å². The molecule has 0 spiro atoms. The van der Waals surface area contributed by atoms with Crippen LogP contribution in [0.25, 0.3) is 0 Å². The van der Waals surface area contributed by atoms with Gasteiger partial charge < -0.3 is 14.9 Å². The molecule has 2 fully saturated rings. The van der Waals surface area contributed by atoms with Gasteiger partial charge in [-0.15, -0.1) is 11.3 Å². The van der Waals surface area contributed by atoms with E-state index >= 15 is 0 Å². The lowest BCUT2D eigenvalue weighted by Gasteiger charge is -2.34. The Morgan fingerprint density at radius 2 is 2.36 bits per heavy atom. The Morgan fingerprint density at radius 1 is 1.52 bits per heavy atom. The van der Waals surface area contributed by atoms with Crippen molar-refractivity contribution >= 4 is 34.4 Å². The van der Waals surface area contributed by atoms with E-state index in [1.54, 1.807) is 0 Å². The smallest absolute Gasteiger partial charge is 0.274 e. The minimum atomic E-state index is -0.473. The molecule has 0 bridgehead atoms. The van der Waals surface area contributed by atoms with Crippen LogP contribution in [-0.2, 0) is 19.2 Å². The van der Waals surface area contributed by atoms with Gasteiger partial charge in [0.1, 0.15) is 18.9 Å². The maximum absolute atomic E-state index is 12.4. The fourth-order valence-electron chi connectivity index (χ4n) is 2.68. The fourth-order valence-corrected chi connectivity index (χ4v) is 3.47. The molecule has 136 valence electrons. The summed E-state index contributed by atoms with van der Waals surface area (Å²) >= 11 is 1.41. The highest BCUT2D eigenvalue weighted by Crippen LogP contribution is 2.25. The van der Waals surface area contributed by atoms with Gasteiger partial charge in [-0.05, 0) is 23.9 Å². The standard InChI is InChI=1S/C16H22N4O4S/c21-14(12-18-24-7-2-4-19-5-8-23-9-6-19)20(13-11-17-16(13)22)15-3-1-10-25-15/h1,3,10,12-13H,2,4-9,11H2,(H,17,22). The number of nitrogens with zero attached hydrogens (tertiary/aromatic N) is 3. The summed E-state index contributed by atoms with van der Waals surface area (Å²) in [7, 11) is 0. The van der Waals surface area contributed by atoms with E-state index in [4.69, 9.17) is 9.57 Å². The number of ether oxygens (including phenoxy) is 1. The molecule has 0 aromatic carbocycles. The molecule has 0 aliphatic carbocycles. The highest BCUT2D eigenvalue weighted by Gasteiger charge is 2.37. The number of hydrogen-bond donors (Lipinski definition) is 1. The normalized spacial score (nSPS) is 21.0.